The van der Waals surface area contributed by atoms with Crippen LogP contribution in [0.5, 0.6) is 6.01 Å². The Morgan fingerprint density at radius 2 is 1.68 bits per heavy atom. The number of hydrogen-bond acceptors (Lipinski definition) is 6. The highest BCUT2D eigenvalue weighted by Gasteiger charge is 2.14. The maximum Gasteiger partial charge on any atom is 0.323 e. The molecule has 0 fully saturated rings. The van der Waals surface area contributed by atoms with Crippen molar-refractivity contribution in [2.45, 2.75) is 53.2 Å². The molecule has 0 bridgehead atoms. The summed E-state index contributed by atoms with van der Waals surface area (Å²) >= 11 is 0. The van der Waals surface area contributed by atoms with Crippen molar-refractivity contribution in [1.82, 2.24) is 15.0 Å². The lowest BCUT2D eigenvalue weighted by Gasteiger charge is -2.20. The summed E-state index contributed by atoms with van der Waals surface area (Å²) in [6, 6.07) is 0.636. The second kappa shape index (κ2) is 7.11. The molecule has 1 aromatic rings. The van der Waals surface area contributed by atoms with E-state index < -0.39 is 0 Å². The zero-order valence-corrected chi connectivity index (χ0v) is 12.7. The van der Waals surface area contributed by atoms with Gasteiger partial charge in [0.05, 0.1) is 6.10 Å². The maximum absolute atomic E-state index is 5.52. The number of nitrogens with one attached hydrogen (secondary N) is 2. The van der Waals surface area contributed by atoms with E-state index in [2.05, 4.69) is 46.4 Å². The predicted octanol–water partition coefficient (Wildman–Crippen LogP) is 2.55. The van der Waals surface area contributed by atoms with Gasteiger partial charge in [-0.1, -0.05) is 20.3 Å². The van der Waals surface area contributed by atoms with E-state index in [1.165, 1.54) is 0 Å². The molecule has 0 aliphatic carbocycles. The van der Waals surface area contributed by atoms with Gasteiger partial charge in [0.25, 0.3) is 0 Å². The van der Waals surface area contributed by atoms with Gasteiger partial charge >= 0.3 is 6.01 Å². The van der Waals surface area contributed by atoms with Crippen molar-refractivity contribution in [3.63, 3.8) is 0 Å². The molecule has 0 saturated carbocycles. The van der Waals surface area contributed by atoms with Gasteiger partial charge in [-0.15, -0.1) is 0 Å². The van der Waals surface area contributed by atoms with Crippen molar-refractivity contribution in [3.05, 3.63) is 0 Å². The SMILES string of the molecule is CCC(C)C(C)Nc1nc(NC)nc(OC(C)C)n1. The van der Waals surface area contributed by atoms with Crippen molar-refractivity contribution in [3.8, 4) is 6.01 Å². The fourth-order valence-corrected chi connectivity index (χ4v) is 1.50. The minimum atomic E-state index is 0.0342. The molecule has 19 heavy (non-hydrogen) atoms. The topological polar surface area (TPSA) is 72.0 Å². The van der Waals surface area contributed by atoms with Crippen LogP contribution in [0.25, 0.3) is 0 Å². The van der Waals surface area contributed by atoms with Gasteiger partial charge in [-0.2, -0.15) is 15.0 Å². The van der Waals surface area contributed by atoms with Crippen LogP contribution in [0.2, 0.25) is 0 Å². The van der Waals surface area contributed by atoms with Gasteiger partial charge in [0, 0.05) is 13.1 Å². The van der Waals surface area contributed by atoms with Gasteiger partial charge in [0.15, 0.2) is 0 Å². The predicted molar refractivity (Wildman–Crippen MR) is 77.7 cm³/mol. The van der Waals surface area contributed by atoms with Crippen LogP contribution in [-0.4, -0.2) is 34.1 Å². The van der Waals surface area contributed by atoms with Gasteiger partial charge in [-0.3, -0.25) is 0 Å². The van der Waals surface area contributed by atoms with Crippen LogP contribution in [0.3, 0.4) is 0 Å². The molecule has 108 valence electrons. The first-order valence-corrected chi connectivity index (χ1v) is 6.83. The van der Waals surface area contributed by atoms with Crippen LogP contribution < -0.4 is 15.4 Å². The van der Waals surface area contributed by atoms with Crippen molar-refractivity contribution < 1.29 is 4.74 Å². The highest BCUT2D eigenvalue weighted by Crippen LogP contribution is 2.16. The Morgan fingerprint density at radius 3 is 2.21 bits per heavy atom. The van der Waals surface area contributed by atoms with Crippen LogP contribution in [0.4, 0.5) is 11.9 Å². The number of aromatic nitrogens is 3. The Labute approximate surface area is 115 Å². The lowest BCUT2D eigenvalue weighted by Crippen LogP contribution is -2.25. The molecule has 0 aromatic carbocycles. The first kappa shape index (κ1) is 15.5. The zero-order chi connectivity index (χ0) is 14.4. The van der Waals surface area contributed by atoms with E-state index in [4.69, 9.17) is 4.74 Å². The monoisotopic (exact) mass is 267 g/mol. The quantitative estimate of drug-likeness (QED) is 0.791. The van der Waals surface area contributed by atoms with Crippen LogP contribution in [0, 0.1) is 5.92 Å². The smallest absolute Gasteiger partial charge is 0.323 e. The van der Waals surface area contributed by atoms with Gasteiger partial charge in [0.1, 0.15) is 0 Å². The van der Waals surface area contributed by atoms with E-state index in [-0.39, 0.29) is 6.10 Å². The van der Waals surface area contributed by atoms with Crippen molar-refractivity contribution >= 4 is 11.9 Å². The molecule has 1 rings (SSSR count). The fourth-order valence-electron chi connectivity index (χ4n) is 1.50. The molecular weight excluding hydrogens is 242 g/mol. The van der Waals surface area contributed by atoms with Gasteiger partial charge < -0.3 is 15.4 Å². The van der Waals surface area contributed by atoms with Crippen LogP contribution in [0.15, 0.2) is 0 Å². The highest BCUT2D eigenvalue weighted by molar-refractivity contribution is 5.36. The van der Waals surface area contributed by atoms with E-state index in [0.717, 1.165) is 6.42 Å². The van der Waals surface area contributed by atoms with Crippen LogP contribution in [0.1, 0.15) is 41.0 Å². The van der Waals surface area contributed by atoms with E-state index in [0.29, 0.717) is 29.9 Å². The average molecular weight is 267 g/mol. The van der Waals surface area contributed by atoms with E-state index >= 15 is 0 Å². The minimum Gasteiger partial charge on any atom is -0.461 e. The number of hydrogen-bond donors (Lipinski definition) is 2. The minimum absolute atomic E-state index is 0.0342. The summed E-state index contributed by atoms with van der Waals surface area (Å²) in [5, 5.41) is 6.21. The van der Waals surface area contributed by atoms with Crippen molar-refractivity contribution in [2.75, 3.05) is 17.7 Å². The normalized spacial score (nSPS) is 14.1. The summed E-state index contributed by atoms with van der Waals surface area (Å²) in [5.74, 6) is 1.59. The van der Waals surface area contributed by atoms with Crippen molar-refractivity contribution in [2.24, 2.45) is 5.92 Å². The lowest BCUT2D eigenvalue weighted by molar-refractivity contribution is 0.222. The van der Waals surface area contributed by atoms with Gasteiger partial charge in [-0.25, -0.2) is 0 Å². The molecule has 0 aliphatic rings. The molecule has 6 nitrogen and oxygen atoms in total. The highest BCUT2D eigenvalue weighted by atomic mass is 16.5. The largest absolute Gasteiger partial charge is 0.461 e. The first-order valence-electron chi connectivity index (χ1n) is 6.83. The molecule has 0 saturated heterocycles. The third kappa shape index (κ3) is 4.89. The Kier molecular flexibility index (Phi) is 5.79. The number of ether oxygens (including phenoxy) is 1. The summed E-state index contributed by atoms with van der Waals surface area (Å²) in [6.45, 7) is 10.4. The summed E-state index contributed by atoms with van der Waals surface area (Å²) in [7, 11) is 1.77. The molecule has 1 aromatic heterocycles. The Bertz CT molecular complexity index is 397. The first-order chi connectivity index (χ1) is 8.96. The third-order valence-electron chi connectivity index (χ3n) is 3.03. The standard InChI is InChI=1S/C13H25N5O/c1-7-9(4)10(5)15-12-16-11(14-6)17-13(18-12)19-8(2)3/h8-10H,7H2,1-6H3,(H2,14,15,16,17,18). The van der Waals surface area contributed by atoms with Gasteiger partial charge in [0.2, 0.25) is 11.9 Å². The van der Waals surface area contributed by atoms with Crippen molar-refractivity contribution in [1.29, 1.82) is 0 Å². The molecule has 0 amide bonds. The number of nitrogens with zero attached hydrogens (tertiary/aromatic N) is 3. The van der Waals surface area contributed by atoms with E-state index in [9.17, 15) is 0 Å². The second-order valence-electron chi connectivity index (χ2n) is 5.00. The molecule has 0 spiro atoms. The summed E-state index contributed by atoms with van der Waals surface area (Å²) in [6.07, 6.45) is 1.14. The van der Waals surface area contributed by atoms with Gasteiger partial charge in [-0.05, 0) is 26.7 Å². The average Bonchev–Trinajstić information content (AvgIpc) is 2.36. The molecule has 0 radical (unpaired) electrons. The fraction of sp³-hybridized carbons (Fsp3) is 0.769. The van der Waals surface area contributed by atoms with Crippen LogP contribution >= 0.6 is 0 Å². The number of anilines is 2. The third-order valence-corrected chi connectivity index (χ3v) is 3.03. The molecule has 2 N–H and O–H groups in total. The molecular formula is C13H25N5O. The number of rotatable bonds is 7. The molecule has 0 aliphatic heterocycles. The molecule has 1 heterocycles. The maximum atomic E-state index is 5.52. The van der Waals surface area contributed by atoms with Crippen LogP contribution in [-0.2, 0) is 0 Å². The Hall–Kier alpha value is -1.59. The zero-order valence-electron chi connectivity index (χ0n) is 12.7. The Balaban J connectivity index is 2.87. The molecule has 2 unspecified atom stereocenters. The lowest BCUT2D eigenvalue weighted by atomic mass is 10.0. The summed E-state index contributed by atoms with van der Waals surface area (Å²) in [5.41, 5.74) is 0. The second-order valence-corrected chi connectivity index (χ2v) is 5.00. The van der Waals surface area contributed by atoms with E-state index in [1.807, 2.05) is 13.8 Å². The Morgan fingerprint density at radius 1 is 1.05 bits per heavy atom. The molecule has 6 heteroatoms. The molecule has 2 atom stereocenters. The summed E-state index contributed by atoms with van der Waals surface area (Å²) < 4.78 is 5.52. The van der Waals surface area contributed by atoms with E-state index in [1.54, 1.807) is 7.05 Å². The summed E-state index contributed by atoms with van der Waals surface area (Å²) in [4.78, 5) is 12.7.